The summed E-state index contributed by atoms with van der Waals surface area (Å²) in [7, 11) is -3.28. The summed E-state index contributed by atoms with van der Waals surface area (Å²) in [5.74, 6) is 1.75. The standard InChI is InChI=1S/C33H62O4Si2/c1-24(14-13-15-25(2)20-21-36-39(11,12)33(5,6)7)16-19-29(34)26(3)17-18-28-22-30(37-38(8,9)10)32-31(28)27(4)23-35-32/h14,17,20,27-32,34H,13,15-16,18-19,21-23H2,1-12H3/b24-14+,25-20+,26-17+/t27-,28+,29+,30+,31-,32+/m1/s1. The Labute approximate surface area is 243 Å². The molecule has 0 bridgehead atoms. The third-order valence-electron chi connectivity index (χ3n) is 9.33. The topological polar surface area (TPSA) is 47.9 Å². The van der Waals surface area contributed by atoms with Gasteiger partial charge in [-0.05, 0) is 120 Å². The molecule has 2 fully saturated rings. The van der Waals surface area contributed by atoms with Crippen LogP contribution >= 0.6 is 0 Å². The number of aliphatic hydroxyl groups excluding tert-OH is 1. The second-order valence-electron chi connectivity index (χ2n) is 15.1. The van der Waals surface area contributed by atoms with Crippen molar-refractivity contribution in [2.45, 2.75) is 143 Å². The van der Waals surface area contributed by atoms with E-state index in [4.69, 9.17) is 13.6 Å². The van der Waals surface area contributed by atoms with Gasteiger partial charge in [0.1, 0.15) is 0 Å². The summed E-state index contributed by atoms with van der Waals surface area (Å²) in [6.45, 7) is 28.7. The quantitative estimate of drug-likeness (QED) is 0.165. The second kappa shape index (κ2) is 14.6. The Kier molecular flexibility index (Phi) is 13.0. The van der Waals surface area contributed by atoms with Crippen LogP contribution in [0, 0.1) is 17.8 Å². The lowest BCUT2D eigenvalue weighted by Gasteiger charge is -2.35. The van der Waals surface area contributed by atoms with Gasteiger partial charge < -0.3 is 18.7 Å². The van der Waals surface area contributed by atoms with Crippen LogP contribution in [0.25, 0.3) is 0 Å². The Balaban J connectivity index is 1.77. The molecule has 0 spiro atoms. The molecule has 2 rings (SSSR count). The Morgan fingerprint density at radius 1 is 1.00 bits per heavy atom. The zero-order valence-corrected chi connectivity index (χ0v) is 29.5. The molecule has 1 N–H and O–H groups in total. The van der Waals surface area contributed by atoms with Crippen molar-refractivity contribution in [3.8, 4) is 0 Å². The maximum atomic E-state index is 10.9. The smallest absolute Gasteiger partial charge is 0.192 e. The van der Waals surface area contributed by atoms with Crippen LogP contribution < -0.4 is 0 Å². The largest absolute Gasteiger partial charge is 0.413 e. The Hall–Kier alpha value is -0.506. The molecule has 6 heteroatoms. The molecule has 4 nitrogen and oxygen atoms in total. The van der Waals surface area contributed by atoms with E-state index in [1.165, 1.54) is 11.1 Å². The van der Waals surface area contributed by atoms with Crippen LogP contribution in [0.15, 0.2) is 34.9 Å². The monoisotopic (exact) mass is 578 g/mol. The number of allylic oxidation sites excluding steroid dienone is 4. The van der Waals surface area contributed by atoms with Crippen molar-refractivity contribution in [2.24, 2.45) is 17.8 Å². The van der Waals surface area contributed by atoms with E-state index in [1.54, 1.807) is 0 Å². The van der Waals surface area contributed by atoms with Gasteiger partial charge in [0.2, 0.25) is 0 Å². The molecule has 1 aliphatic carbocycles. The summed E-state index contributed by atoms with van der Waals surface area (Å²) in [5, 5.41) is 11.1. The minimum atomic E-state index is -1.68. The van der Waals surface area contributed by atoms with Crippen LogP contribution in [0.5, 0.6) is 0 Å². The first-order chi connectivity index (χ1) is 17.9. The Morgan fingerprint density at radius 2 is 1.64 bits per heavy atom. The summed E-state index contributed by atoms with van der Waals surface area (Å²) in [4.78, 5) is 0. The molecule has 1 saturated carbocycles. The highest BCUT2D eigenvalue weighted by molar-refractivity contribution is 6.74. The average Bonchev–Trinajstić information content (AvgIpc) is 3.34. The van der Waals surface area contributed by atoms with Crippen LogP contribution in [0.1, 0.15) is 87.0 Å². The van der Waals surface area contributed by atoms with Gasteiger partial charge in [-0.15, -0.1) is 0 Å². The van der Waals surface area contributed by atoms with Crippen LogP contribution in [0.3, 0.4) is 0 Å². The van der Waals surface area contributed by atoms with Gasteiger partial charge in [0.25, 0.3) is 0 Å². The van der Waals surface area contributed by atoms with Crippen LogP contribution in [0.4, 0.5) is 0 Å². The first-order valence-corrected chi connectivity index (χ1v) is 21.8. The second-order valence-corrected chi connectivity index (χ2v) is 24.3. The Bertz CT molecular complexity index is 862. The van der Waals surface area contributed by atoms with Gasteiger partial charge >= 0.3 is 0 Å². The third kappa shape index (κ3) is 11.0. The van der Waals surface area contributed by atoms with E-state index in [2.05, 4.69) is 99.4 Å². The van der Waals surface area contributed by atoms with Crippen molar-refractivity contribution in [2.75, 3.05) is 13.2 Å². The van der Waals surface area contributed by atoms with E-state index < -0.39 is 16.6 Å². The molecule has 0 aromatic heterocycles. The molecular formula is C33H62O4Si2. The van der Waals surface area contributed by atoms with Gasteiger partial charge in [-0.3, -0.25) is 0 Å². The summed E-state index contributed by atoms with van der Waals surface area (Å²) < 4.78 is 19.0. The maximum absolute atomic E-state index is 10.9. The van der Waals surface area contributed by atoms with E-state index >= 15 is 0 Å². The number of fused-ring (bicyclic) bond motifs is 1. The number of ether oxygens (including phenoxy) is 1. The maximum Gasteiger partial charge on any atom is 0.192 e. The van der Waals surface area contributed by atoms with Crippen LogP contribution in [-0.2, 0) is 13.6 Å². The molecule has 2 aliphatic rings. The fraction of sp³-hybridized carbons (Fsp3) is 0.818. The molecular weight excluding hydrogens is 517 g/mol. The van der Waals surface area contributed by atoms with Crippen LogP contribution in [-0.4, -0.2) is 53.3 Å². The average molecular weight is 579 g/mol. The molecule has 0 aromatic carbocycles. The van der Waals surface area contributed by atoms with Gasteiger partial charge in [-0.2, -0.15) is 0 Å². The zero-order chi connectivity index (χ0) is 29.6. The molecule has 0 unspecified atom stereocenters. The zero-order valence-electron chi connectivity index (χ0n) is 27.5. The van der Waals surface area contributed by atoms with Crippen molar-refractivity contribution in [3.63, 3.8) is 0 Å². The Morgan fingerprint density at radius 3 is 2.26 bits per heavy atom. The number of hydrogen-bond donors (Lipinski definition) is 1. The van der Waals surface area contributed by atoms with E-state index in [1.807, 2.05) is 0 Å². The number of hydrogen-bond acceptors (Lipinski definition) is 4. The van der Waals surface area contributed by atoms with Gasteiger partial charge in [0, 0.05) is 0 Å². The lowest BCUT2D eigenvalue weighted by molar-refractivity contribution is 0.0153. The molecule has 226 valence electrons. The molecule has 1 saturated heterocycles. The van der Waals surface area contributed by atoms with Crippen molar-refractivity contribution >= 4 is 16.6 Å². The molecule has 0 radical (unpaired) electrons. The first-order valence-electron chi connectivity index (χ1n) is 15.5. The van der Waals surface area contributed by atoms with Crippen LogP contribution in [0.2, 0.25) is 37.8 Å². The van der Waals surface area contributed by atoms with Gasteiger partial charge in [-0.1, -0.05) is 57.1 Å². The van der Waals surface area contributed by atoms with E-state index in [0.29, 0.717) is 17.8 Å². The molecule has 1 heterocycles. The first kappa shape index (κ1) is 34.7. The molecule has 39 heavy (non-hydrogen) atoms. The SMILES string of the molecule is C/C(=C\CO[Si](C)(C)C(C)(C)C)CC/C=C(\C)CC[C@H](O)/C(C)=C/C[C@H]1C[C@H](O[Si](C)(C)C)[C@@H]2OC[C@@H](C)[C@H]12. The minimum absolute atomic E-state index is 0.242. The predicted molar refractivity (Wildman–Crippen MR) is 172 cm³/mol. The summed E-state index contributed by atoms with van der Waals surface area (Å²) in [5.41, 5.74) is 3.88. The summed E-state index contributed by atoms with van der Waals surface area (Å²) in [6.07, 6.45) is 13.0. The molecule has 1 aliphatic heterocycles. The fourth-order valence-electron chi connectivity index (χ4n) is 5.73. The van der Waals surface area contributed by atoms with E-state index in [0.717, 1.165) is 57.3 Å². The lowest BCUT2D eigenvalue weighted by atomic mass is 9.83. The highest BCUT2D eigenvalue weighted by atomic mass is 28.4. The van der Waals surface area contributed by atoms with Crippen molar-refractivity contribution in [1.29, 1.82) is 0 Å². The van der Waals surface area contributed by atoms with E-state index in [9.17, 15) is 5.11 Å². The highest BCUT2D eigenvalue weighted by Gasteiger charge is 2.51. The molecule has 0 amide bonds. The fourth-order valence-corrected chi connectivity index (χ4v) is 7.81. The van der Waals surface area contributed by atoms with Gasteiger partial charge in [0.15, 0.2) is 16.6 Å². The molecule has 6 atom stereocenters. The summed E-state index contributed by atoms with van der Waals surface area (Å²) >= 11 is 0. The normalized spacial score (nSPS) is 28.2. The molecule has 0 aromatic rings. The predicted octanol–water partition coefficient (Wildman–Crippen LogP) is 9.05. The number of rotatable bonds is 14. The van der Waals surface area contributed by atoms with Crippen molar-refractivity contribution < 1.29 is 18.7 Å². The van der Waals surface area contributed by atoms with Gasteiger partial charge in [0.05, 0.1) is 31.5 Å². The minimum Gasteiger partial charge on any atom is -0.413 e. The van der Waals surface area contributed by atoms with Crippen molar-refractivity contribution in [3.05, 3.63) is 34.9 Å². The van der Waals surface area contributed by atoms with Gasteiger partial charge in [-0.25, -0.2) is 0 Å². The van der Waals surface area contributed by atoms with E-state index in [-0.39, 0.29) is 23.4 Å². The third-order valence-corrected chi connectivity index (χ3v) is 14.8. The summed E-state index contributed by atoms with van der Waals surface area (Å²) in [6, 6.07) is 0. The highest BCUT2D eigenvalue weighted by Crippen LogP contribution is 2.47. The number of aliphatic hydroxyl groups is 1. The van der Waals surface area contributed by atoms with Crippen molar-refractivity contribution in [1.82, 2.24) is 0 Å². The lowest BCUT2D eigenvalue weighted by Crippen LogP contribution is -2.40.